The monoisotopic (exact) mass is 185 g/mol. The zero-order chi connectivity index (χ0) is 9.68. The smallest absolute Gasteiger partial charge is 0.0697 e. The van der Waals surface area contributed by atoms with Gasteiger partial charge in [0.2, 0.25) is 0 Å². The molecular weight excluding hydrogens is 162 g/mol. The fourth-order valence-corrected chi connectivity index (χ4v) is 1.24. The molecule has 0 aromatic rings. The van der Waals surface area contributed by atoms with E-state index in [1.165, 1.54) is 12.8 Å². The first-order valence-corrected chi connectivity index (χ1v) is 5.57. The van der Waals surface area contributed by atoms with Crippen molar-refractivity contribution >= 4 is 0 Å². The van der Waals surface area contributed by atoms with Crippen molar-refractivity contribution in [3.8, 4) is 0 Å². The molecule has 0 bridgehead atoms. The minimum Gasteiger partial charge on any atom is -0.377 e. The molecule has 1 fully saturated rings. The van der Waals surface area contributed by atoms with E-state index < -0.39 is 0 Å². The molecule has 0 aromatic heterocycles. The van der Waals surface area contributed by atoms with Crippen LogP contribution >= 0.6 is 0 Å². The third kappa shape index (κ3) is 5.27. The third-order valence-corrected chi connectivity index (χ3v) is 2.33. The van der Waals surface area contributed by atoms with Crippen molar-refractivity contribution in [2.24, 2.45) is 5.92 Å². The van der Waals surface area contributed by atoms with Crippen LogP contribution < -0.4 is 5.32 Å². The standard InChI is InChI=1S/C11H23NO/c1-4-11(13-8-9(2)3)7-12-10-5-6-10/h9-12H,4-8H2,1-3H3. The first-order chi connectivity index (χ1) is 6.22. The van der Waals surface area contributed by atoms with Crippen LogP contribution in [0.3, 0.4) is 0 Å². The first kappa shape index (κ1) is 11.0. The predicted molar refractivity (Wildman–Crippen MR) is 55.9 cm³/mol. The summed E-state index contributed by atoms with van der Waals surface area (Å²) in [5, 5.41) is 3.51. The summed E-state index contributed by atoms with van der Waals surface area (Å²) < 4.78 is 5.77. The average molecular weight is 185 g/mol. The van der Waals surface area contributed by atoms with Crippen molar-refractivity contribution in [1.82, 2.24) is 5.32 Å². The number of nitrogens with one attached hydrogen (secondary N) is 1. The van der Waals surface area contributed by atoms with Gasteiger partial charge in [0, 0.05) is 19.2 Å². The predicted octanol–water partition coefficient (Wildman–Crippen LogP) is 2.19. The highest BCUT2D eigenvalue weighted by atomic mass is 16.5. The van der Waals surface area contributed by atoms with Crippen molar-refractivity contribution in [3.05, 3.63) is 0 Å². The summed E-state index contributed by atoms with van der Waals surface area (Å²) in [6, 6.07) is 0.802. The molecule has 1 N–H and O–H groups in total. The maximum absolute atomic E-state index is 5.77. The minimum atomic E-state index is 0.419. The van der Waals surface area contributed by atoms with Crippen LogP contribution in [0.4, 0.5) is 0 Å². The van der Waals surface area contributed by atoms with Gasteiger partial charge in [-0.3, -0.25) is 0 Å². The highest BCUT2D eigenvalue weighted by Gasteiger charge is 2.21. The maximum atomic E-state index is 5.77. The molecule has 78 valence electrons. The molecule has 1 aliphatic rings. The molecule has 1 unspecified atom stereocenters. The molecule has 2 nitrogen and oxygen atoms in total. The molecule has 13 heavy (non-hydrogen) atoms. The lowest BCUT2D eigenvalue weighted by molar-refractivity contribution is 0.0337. The van der Waals surface area contributed by atoms with Gasteiger partial charge in [0.05, 0.1) is 6.10 Å². The molecule has 0 saturated heterocycles. The van der Waals surface area contributed by atoms with Crippen LogP contribution in [0, 0.1) is 5.92 Å². The second-order valence-corrected chi connectivity index (χ2v) is 4.44. The Morgan fingerprint density at radius 1 is 1.38 bits per heavy atom. The Hall–Kier alpha value is -0.0800. The summed E-state index contributed by atoms with van der Waals surface area (Å²) in [5.41, 5.74) is 0. The van der Waals surface area contributed by atoms with Crippen molar-refractivity contribution in [1.29, 1.82) is 0 Å². The Morgan fingerprint density at radius 3 is 2.54 bits per heavy atom. The molecule has 1 saturated carbocycles. The molecule has 0 spiro atoms. The van der Waals surface area contributed by atoms with Gasteiger partial charge in [-0.05, 0) is 25.2 Å². The van der Waals surface area contributed by atoms with E-state index in [9.17, 15) is 0 Å². The highest BCUT2D eigenvalue weighted by molar-refractivity contribution is 4.81. The van der Waals surface area contributed by atoms with E-state index in [2.05, 4.69) is 26.1 Å². The Labute approximate surface area is 82.0 Å². The minimum absolute atomic E-state index is 0.419. The summed E-state index contributed by atoms with van der Waals surface area (Å²) in [4.78, 5) is 0. The van der Waals surface area contributed by atoms with Gasteiger partial charge in [-0.2, -0.15) is 0 Å². The van der Waals surface area contributed by atoms with Crippen LogP contribution in [0.5, 0.6) is 0 Å². The number of ether oxygens (including phenoxy) is 1. The Kier molecular flexibility index (Phi) is 4.74. The molecule has 0 heterocycles. The van der Waals surface area contributed by atoms with Crippen LogP contribution in [-0.2, 0) is 4.74 Å². The summed E-state index contributed by atoms with van der Waals surface area (Å²) in [7, 11) is 0. The van der Waals surface area contributed by atoms with E-state index in [0.29, 0.717) is 12.0 Å². The molecule has 0 amide bonds. The van der Waals surface area contributed by atoms with Gasteiger partial charge in [-0.25, -0.2) is 0 Å². The molecular formula is C11H23NO. The molecule has 0 aromatic carbocycles. The van der Waals surface area contributed by atoms with Gasteiger partial charge in [0.15, 0.2) is 0 Å². The lowest BCUT2D eigenvalue weighted by Gasteiger charge is -2.18. The number of hydrogen-bond donors (Lipinski definition) is 1. The molecule has 1 atom stereocenters. The van der Waals surface area contributed by atoms with E-state index in [4.69, 9.17) is 4.74 Å². The van der Waals surface area contributed by atoms with E-state index in [0.717, 1.165) is 25.6 Å². The molecule has 2 heteroatoms. The maximum Gasteiger partial charge on any atom is 0.0697 e. The van der Waals surface area contributed by atoms with Gasteiger partial charge >= 0.3 is 0 Å². The van der Waals surface area contributed by atoms with E-state index in [1.54, 1.807) is 0 Å². The second-order valence-electron chi connectivity index (χ2n) is 4.44. The average Bonchev–Trinajstić information content (AvgIpc) is 2.88. The normalized spacial score (nSPS) is 19.4. The van der Waals surface area contributed by atoms with Crippen molar-refractivity contribution in [3.63, 3.8) is 0 Å². The van der Waals surface area contributed by atoms with Crippen LogP contribution in [-0.4, -0.2) is 25.3 Å². The van der Waals surface area contributed by atoms with Crippen LogP contribution in [0.25, 0.3) is 0 Å². The largest absolute Gasteiger partial charge is 0.377 e. The van der Waals surface area contributed by atoms with Crippen molar-refractivity contribution in [2.45, 2.75) is 52.2 Å². The zero-order valence-electron chi connectivity index (χ0n) is 9.18. The van der Waals surface area contributed by atoms with Crippen molar-refractivity contribution in [2.75, 3.05) is 13.2 Å². The van der Waals surface area contributed by atoms with Crippen LogP contribution in [0.1, 0.15) is 40.0 Å². The molecule has 0 radical (unpaired) electrons. The molecule has 1 rings (SSSR count). The third-order valence-electron chi connectivity index (χ3n) is 2.33. The molecule has 1 aliphatic carbocycles. The zero-order valence-corrected chi connectivity index (χ0v) is 9.18. The van der Waals surface area contributed by atoms with Crippen LogP contribution in [0.2, 0.25) is 0 Å². The van der Waals surface area contributed by atoms with E-state index in [1.807, 2.05) is 0 Å². The summed E-state index contributed by atoms with van der Waals surface area (Å²) in [6.07, 6.45) is 4.26. The second kappa shape index (κ2) is 5.61. The number of rotatable bonds is 7. The van der Waals surface area contributed by atoms with Gasteiger partial charge in [-0.1, -0.05) is 20.8 Å². The molecule has 0 aliphatic heterocycles. The summed E-state index contributed by atoms with van der Waals surface area (Å²) in [6.45, 7) is 8.51. The van der Waals surface area contributed by atoms with Crippen LogP contribution in [0.15, 0.2) is 0 Å². The van der Waals surface area contributed by atoms with Gasteiger partial charge in [0.25, 0.3) is 0 Å². The summed E-state index contributed by atoms with van der Waals surface area (Å²) in [5.74, 6) is 0.648. The number of hydrogen-bond acceptors (Lipinski definition) is 2. The van der Waals surface area contributed by atoms with Gasteiger partial charge in [0.1, 0.15) is 0 Å². The Morgan fingerprint density at radius 2 is 2.08 bits per heavy atom. The topological polar surface area (TPSA) is 21.3 Å². The lowest BCUT2D eigenvalue weighted by atomic mass is 10.2. The van der Waals surface area contributed by atoms with E-state index in [-0.39, 0.29) is 0 Å². The SMILES string of the molecule is CCC(CNC1CC1)OCC(C)C. The first-order valence-electron chi connectivity index (χ1n) is 5.57. The lowest BCUT2D eigenvalue weighted by Crippen LogP contribution is -2.31. The quantitative estimate of drug-likeness (QED) is 0.656. The van der Waals surface area contributed by atoms with Gasteiger partial charge in [-0.15, -0.1) is 0 Å². The fourth-order valence-electron chi connectivity index (χ4n) is 1.24. The van der Waals surface area contributed by atoms with Crippen molar-refractivity contribution < 1.29 is 4.74 Å². The Bertz CT molecular complexity index is 126. The fraction of sp³-hybridized carbons (Fsp3) is 1.00. The van der Waals surface area contributed by atoms with Gasteiger partial charge < -0.3 is 10.1 Å². The summed E-state index contributed by atoms with van der Waals surface area (Å²) >= 11 is 0. The van der Waals surface area contributed by atoms with E-state index >= 15 is 0 Å². The highest BCUT2D eigenvalue weighted by Crippen LogP contribution is 2.18. The Balaban J connectivity index is 2.02.